The number of rotatable bonds is 3. The highest BCUT2D eigenvalue weighted by Crippen LogP contribution is 2.28. The van der Waals surface area contributed by atoms with E-state index in [1.807, 2.05) is 0 Å². The first kappa shape index (κ1) is 18.0. The van der Waals surface area contributed by atoms with Gasteiger partial charge in [0.1, 0.15) is 9.84 Å². The van der Waals surface area contributed by atoms with Crippen LogP contribution in [-0.2, 0) is 33.0 Å². The van der Waals surface area contributed by atoms with Gasteiger partial charge in [0.25, 0.3) is 0 Å². The lowest BCUT2D eigenvalue weighted by atomic mass is 9.84. The molecule has 1 heterocycles. The van der Waals surface area contributed by atoms with E-state index in [1.54, 1.807) is 11.8 Å². The number of amides is 1. The molecule has 0 N–H and O–H groups in total. The number of benzene rings is 1. The Bertz CT molecular complexity index is 701. The van der Waals surface area contributed by atoms with Crippen molar-refractivity contribution in [3.63, 3.8) is 0 Å². The Labute approximate surface area is 139 Å². The van der Waals surface area contributed by atoms with E-state index in [1.165, 1.54) is 22.9 Å². The molecule has 1 atom stereocenters. The molecule has 0 aromatic heterocycles. The number of hydrogen-bond donors (Lipinski definition) is 0. The van der Waals surface area contributed by atoms with Gasteiger partial charge in [-0.2, -0.15) is 0 Å². The van der Waals surface area contributed by atoms with E-state index in [2.05, 4.69) is 39.0 Å². The number of fused-ring (bicyclic) bond motifs is 1. The standard InChI is InChI=1S/C18H27NO3S/c1-13(12-23(5,21)22)17(20)19-9-8-14-6-7-16(18(2,3)4)10-15(14)11-19/h6-7,10,13H,8-9,11-12H2,1-5H3/t13-/m0/s1. The molecule has 5 heteroatoms. The van der Waals surface area contributed by atoms with Crippen LogP contribution in [0.4, 0.5) is 0 Å². The highest BCUT2D eigenvalue weighted by Gasteiger charge is 2.27. The van der Waals surface area contributed by atoms with E-state index in [-0.39, 0.29) is 17.1 Å². The van der Waals surface area contributed by atoms with Crippen LogP contribution in [0.5, 0.6) is 0 Å². The Morgan fingerprint density at radius 1 is 1.26 bits per heavy atom. The van der Waals surface area contributed by atoms with Crippen molar-refractivity contribution in [1.29, 1.82) is 0 Å². The molecule has 0 bridgehead atoms. The summed E-state index contributed by atoms with van der Waals surface area (Å²) in [4.78, 5) is 14.3. The van der Waals surface area contributed by atoms with Crippen LogP contribution in [0, 0.1) is 5.92 Å². The van der Waals surface area contributed by atoms with Crippen molar-refractivity contribution >= 4 is 15.7 Å². The van der Waals surface area contributed by atoms with Gasteiger partial charge in [-0.05, 0) is 28.5 Å². The molecule has 1 aliphatic heterocycles. The van der Waals surface area contributed by atoms with E-state index in [0.29, 0.717) is 13.1 Å². The van der Waals surface area contributed by atoms with Gasteiger partial charge >= 0.3 is 0 Å². The molecule has 1 amide bonds. The number of carbonyl (C=O) groups excluding carboxylic acids is 1. The summed E-state index contributed by atoms with van der Waals surface area (Å²) in [5.41, 5.74) is 3.81. The molecule has 0 spiro atoms. The van der Waals surface area contributed by atoms with E-state index in [9.17, 15) is 13.2 Å². The molecule has 23 heavy (non-hydrogen) atoms. The van der Waals surface area contributed by atoms with Gasteiger partial charge in [-0.25, -0.2) is 8.42 Å². The maximum atomic E-state index is 12.5. The number of sulfone groups is 1. The molecule has 0 saturated carbocycles. The third-order valence-electron chi connectivity index (χ3n) is 4.37. The van der Waals surface area contributed by atoms with Crippen molar-refractivity contribution in [2.45, 2.75) is 46.1 Å². The molecule has 0 fully saturated rings. The van der Waals surface area contributed by atoms with Gasteiger partial charge in [-0.15, -0.1) is 0 Å². The van der Waals surface area contributed by atoms with Gasteiger partial charge in [0.05, 0.1) is 5.75 Å². The molecule has 1 aliphatic rings. The molecule has 2 rings (SSSR count). The molecule has 1 aromatic rings. The van der Waals surface area contributed by atoms with Crippen LogP contribution in [-0.4, -0.2) is 37.8 Å². The summed E-state index contributed by atoms with van der Waals surface area (Å²) < 4.78 is 22.8. The van der Waals surface area contributed by atoms with Crippen LogP contribution in [0.2, 0.25) is 0 Å². The van der Waals surface area contributed by atoms with Crippen LogP contribution in [0.25, 0.3) is 0 Å². The molecule has 0 saturated heterocycles. The normalized spacial score (nSPS) is 16.8. The highest BCUT2D eigenvalue weighted by atomic mass is 32.2. The Morgan fingerprint density at radius 2 is 1.91 bits per heavy atom. The van der Waals surface area contributed by atoms with E-state index in [0.717, 1.165) is 6.42 Å². The first-order valence-electron chi connectivity index (χ1n) is 8.06. The number of hydrogen-bond acceptors (Lipinski definition) is 3. The lowest BCUT2D eigenvalue weighted by molar-refractivity contribution is -0.135. The van der Waals surface area contributed by atoms with E-state index in [4.69, 9.17) is 0 Å². The summed E-state index contributed by atoms with van der Waals surface area (Å²) in [6.07, 6.45) is 2.01. The van der Waals surface area contributed by atoms with Crippen molar-refractivity contribution in [3.8, 4) is 0 Å². The molecular weight excluding hydrogens is 310 g/mol. The molecule has 0 unspecified atom stereocenters. The fourth-order valence-electron chi connectivity index (χ4n) is 3.05. The fourth-order valence-corrected chi connectivity index (χ4v) is 4.10. The molecule has 4 nitrogen and oxygen atoms in total. The van der Waals surface area contributed by atoms with Gasteiger partial charge < -0.3 is 4.90 Å². The van der Waals surface area contributed by atoms with Gasteiger partial charge in [0.2, 0.25) is 5.91 Å². The fraction of sp³-hybridized carbons (Fsp3) is 0.611. The Balaban J connectivity index is 2.17. The quantitative estimate of drug-likeness (QED) is 0.852. The predicted molar refractivity (Wildman–Crippen MR) is 93.1 cm³/mol. The molecule has 0 radical (unpaired) electrons. The lowest BCUT2D eigenvalue weighted by Crippen LogP contribution is -2.40. The first-order chi connectivity index (χ1) is 10.5. The first-order valence-corrected chi connectivity index (χ1v) is 10.1. The van der Waals surface area contributed by atoms with Crippen molar-refractivity contribution in [2.24, 2.45) is 5.92 Å². The van der Waals surface area contributed by atoms with Gasteiger partial charge in [-0.3, -0.25) is 4.79 Å². The summed E-state index contributed by atoms with van der Waals surface area (Å²) >= 11 is 0. The minimum Gasteiger partial charge on any atom is -0.338 e. The monoisotopic (exact) mass is 337 g/mol. The molecule has 1 aromatic carbocycles. The van der Waals surface area contributed by atoms with Crippen molar-refractivity contribution in [1.82, 2.24) is 4.90 Å². The average Bonchev–Trinajstić information content (AvgIpc) is 2.42. The largest absolute Gasteiger partial charge is 0.338 e. The Kier molecular flexibility index (Phi) is 4.90. The third-order valence-corrected chi connectivity index (χ3v) is 5.48. The molecular formula is C18H27NO3S. The van der Waals surface area contributed by atoms with Crippen LogP contribution < -0.4 is 0 Å². The summed E-state index contributed by atoms with van der Waals surface area (Å²) in [5, 5.41) is 0. The highest BCUT2D eigenvalue weighted by molar-refractivity contribution is 7.90. The minimum absolute atomic E-state index is 0.0674. The van der Waals surface area contributed by atoms with Crippen LogP contribution in [0.1, 0.15) is 44.4 Å². The minimum atomic E-state index is -3.14. The van der Waals surface area contributed by atoms with Gasteiger partial charge in [0.15, 0.2) is 0 Å². The number of carbonyl (C=O) groups is 1. The zero-order valence-corrected chi connectivity index (χ0v) is 15.5. The van der Waals surface area contributed by atoms with E-state index < -0.39 is 15.8 Å². The maximum absolute atomic E-state index is 12.5. The smallest absolute Gasteiger partial charge is 0.226 e. The van der Waals surface area contributed by atoms with Gasteiger partial charge in [0, 0.05) is 25.3 Å². The lowest BCUT2D eigenvalue weighted by Gasteiger charge is -2.32. The SMILES string of the molecule is C[C@@H](CS(C)(=O)=O)C(=O)N1CCc2ccc(C(C)(C)C)cc2C1. The Morgan fingerprint density at radius 3 is 2.48 bits per heavy atom. The van der Waals surface area contributed by atoms with Crippen molar-refractivity contribution in [3.05, 3.63) is 34.9 Å². The van der Waals surface area contributed by atoms with Crippen LogP contribution in [0.15, 0.2) is 18.2 Å². The second-order valence-electron chi connectivity index (χ2n) is 7.74. The predicted octanol–water partition coefficient (Wildman–Crippen LogP) is 2.55. The second-order valence-corrected chi connectivity index (χ2v) is 9.92. The average molecular weight is 337 g/mol. The van der Waals surface area contributed by atoms with Crippen molar-refractivity contribution in [2.75, 3.05) is 18.6 Å². The van der Waals surface area contributed by atoms with Gasteiger partial charge in [-0.1, -0.05) is 45.9 Å². The summed E-state index contributed by atoms with van der Waals surface area (Å²) in [6, 6.07) is 6.52. The Hall–Kier alpha value is -1.36. The summed E-state index contributed by atoms with van der Waals surface area (Å²) in [5.74, 6) is -0.642. The molecule has 0 aliphatic carbocycles. The summed E-state index contributed by atoms with van der Waals surface area (Å²) in [6.45, 7) is 9.46. The topological polar surface area (TPSA) is 54.5 Å². The van der Waals surface area contributed by atoms with E-state index >= 15 is 0 Å². The zero-order valence-electron chi connectivity index (χ0n) is 14.7. The molecule has 128 valence electrons. The maximum Gasteiger partial charge on any atom is 0.226 e. The third kappa shape index (κ3) is 4.56. The second kappa shape index (κ2) is 6.27. The summed E-state index contributed by atoms with van der Waals surface area (Å²) in [7, 11) is -3.14. The van der Waals surface area contributed by atoms with Crippen LogP contribution >= 0.6 is 0 Å². The number of nitrogens with zero attached hydrogens (tertiary/aromatic N) is 1. The van der Waals surface area contributed by atoms with Crippen molar-refractivity contribution < 1.29 is 13.2 Å². The van der Waals surface area contributed by atoms with Crippen LogP contribution in [0.3, 0.4) is 0 Å². The zero-order chi connectivity index (χ0) is 17.4.